The first-order chi connectivity index (χ1) is 11.3. The number of nitrogens with zero attached hydrogens (tertiary/aromatic N) is 1. The summed E-state index contributed by atoms with van der Waals surface area (Å²) in [5.74, 6) is 0. The number of rotatable bonds is 19. The molecule has 0 radical (unpaired) electrons. The number of unbranched alkanes of at least 4 members (excludes halogenated alkanes) is 11. The van der Waals surface area contributed by atoms with Gasteiger partial charge >= 0.3 is 0 Å². The fourth-order valence-electron chi connectivity index (χ4n) is 3.12. The highest BCUT2D eigenvalue weighted by Gasteiger charge is 2.04. The molecule has 0 aromatic heterocycles. The predicted molar refractivity (Wildman–Crippen MR) is 105 cm³/mol. The maximum absolute atomic E-state index is 5.61. The molecule has 0 atom stereocenters. The average Bonchev–Trinajstić information content (AvgIpc) is 2.56. The van der Waals surface area contributed by atoms with E-state index in [1.165, 1.54) is 96.7 Å². The quantitative estimate of drug-likeness (QED) is 0.338. The van der Waals surface area contributed by atoms with Gasteiger partial charge in [-0.2, -0.15) is 0 Å². The third kappa shape index (κ3) is 18.1. The molecular formula is C20H45N3. The van der Waals surface area contributed by atoms with Crippen LogP contribution in [0.5, 0.6) is 0 Å². The Balaban J connectivity index is 3.48. The summed E-state index contributed by atoms with van der Waals surface area (Å²) in [5, 5.41) is 0. The van der Waals surface area contributed by atoms with E-state index in [1.807, 2.05) is 0 Å². The van der Waals surface area contributed by atoms with Gasteiger partial charge in [0.15, 0.2) is 0 Å². The molecule has 0 aliphatic carbocycles. The molecule has 140 valence electrons. The highest BCUT2D eigenvalue weighted by Crippen LogP contribution is 2.11. The van der Waals surface area contributed by atoms with Crippen molar-refractivity contribution in [3.8, 4) is 0 Å². The molecule has 4 N–H and O–H groups in total. The van der Waals surface area contributed by atoms with E-state index in [0.29, 0.717) is 0 Å². The predicted octanol–water partition coefficient (Wildman–Crippen LogP) is 4.69. The Bertz CT molecular complexity index is 199. The van der Waals surface area contributed by atoms with Crippen LogP contribution in [0.1, 0.15) is 96.8 Å². The van der Waals surface area contributed by atoms with Crippen LogP contribution in [0, 0.1) is 0 Å². The zero-order valence-corrected chi connectivity index (χ0v) is 16.0. The summed E-state index contributed by atoms with van der Waals surface area (Å²) in [7, 11) is 0. The van der Waals surface area contributed by atoms with Gasteiger partial charge in [-0.05, 0) is 64.8 Å². The zero-order valence-electron chi connectivity index (χ0n) is 16.0. The second kappa shape index (κ2) is 19.9. The van der Waals surface area contributed by atoms with Crippen LogP contribution < -0.4 is 11.5 Å². The van der Waals surface area contributed by atoms with Crippen LogP contribution in [0.4, 0.5) is 0 Å². The molecule has 0 aromatic rings. The molecule has 0 rings (SSSR count). The first kappa shape index (κ1) is 22.9. The largest absolute Gasteiger partial charge is 0.330 e. The van der Waals surface area contributed by atoms with Gasteiger partial charge in [-0.25, -0.2) is 0 Å². The monoisotopic (exact) mass is 327 g/mol. The molecule has 3 nitrogen and oxygen atoms in total. The average molecular weight is 328 g/mol. The molecule has 0 amide bonds. The Hall–Kier alpha value is -0.120. The van der Waals surface area contributed by atoms with E-state index in [4.69, 9.17) is 11.5 Å². The van der Waals surface area contributed by atoms with Crippen molar-refractivity contribution in [2.24, 2.45) is 11.5 Å². The SMILES string of the molecule is CCCCCCCCCCCCN(CCCCN)CCCCN. The Kier molecular flexibility index (Phi) is 19.8. The van der Waals surface area contributed by atoms with Gasteiger partial charge in [-0.1, -0.05) is 64.7 Å². The van der Waals surface area contributed by atoms with Crippen LogP contribution in [0.2, 0.25) is 0 Å². The van der Waals surface area contributed by atoms with E-state index in [-0.39, 0.29) is 0 Å². The van der Waals surface area contributed by atoms with E-state index < -0.39 is 0 Å². The molecule has 0 spiro atoms. The molecule has 0 aliphatic heterocycles. The van der Waals surface area contributed by atoms with Gasteiger partial charge in [0.25, 0.3) is 0 Å². The molecule has 0 saturated heterocycles. The number of nitrogens with two attached hydrogens (primary N) is 2. The van der Waals surface area contributed by atoms with Crippen molar-refractivity contribution < 1.29 is 0 Å². The lowest BCUT2D eigenvalue weighted by atomic mass is 10.1. The third-order valence-electron chi connectivity index (χ3n) is 4.68. The van der Waals surface area contributed by atoms with E-state index in [9.17, 15) is 0 Å². The fraction of sp³-hybridized carbons (Fsp3) is 1.00. The Morgan fingerprint density at radius 1 is 0.478 bits per heavy atom. The van der Waals surface area contributed by atoms with Crippen molar-refractivity contribution in [2.45, 2.75) is 96.8 Å². The minimum absolute atomic E-state index is 0.828. The smallest absolute Gasteiger partial charge is 0.00183 e. The maximum Gasteiger partial charge on any atom is -0.00183 e. The van der Waals surface area contributed by atoms with Gasteiger partial charge in [0.2, 0.25) is 0 Å². The standard InChI is InChI=1S/C20H45N3/c1-2-3-4-5-6-7-8-9-10-13-18-23(19-14-11-16-21)20-15-12-17-22/h2-22H2,1H3. The fourth-order valence-corrected chi connectivity index (χ4v) is 3.12. The van der Waals surface area contributed by atoms with Gasteiger partial charge in [0.05, 0.1) is 0 Å². The summed E-state index contributed by atoms with van der Waals surface area (Å²) in [6.45, 7) is 7.66. The molecule has 0 saturated carbocycles. The van der Waals surface area contributed by atoms with Crippen LogP contribution in [0.25, 0.3) is 0 Å². The molecule has 23 heavy (non-hydrogen) atoms. The molecule has 0 bridgehead atoms. The van der Waals surface area contributed by atoms with Gasteiger partial charge in [0.1, 0.15) is 0 Å². The normalized spacial score (nSPS) is 11.5. The number of hydrogen-bond donors (Lipinski definition) is 2. The summed E-state index contributed by atoms with van der Waals surface area (Å²) < 4.78 is 0. The number of hydrogen-bond acceptors (Lipinski definition) is 3. The van der Waals surface area contributed by atoms with Crippen molar-refractivity contribution in [3.63, 3.8) is 0 Å². The van der Waals surface area contributed by atoms with Crippen LogP contribution in [0.15, 0.2) is 0 Å². The van der Waals surface area contributed by atoms with Crippen molar-refractivity contribution in [3.05, 3.63) is 0 Å². The van der Waals surface area contributed by atoms with Crippen molar-refractivity contribution >= 4 is 0 Å². The molecule has 0 aromatic carbocycles. The first-order valence-electron chi connectivity index (χ1n) is 10.5. The van der Waals surface area contributed by atoms with Crippen LogP contribution in [0.3, 0.4) is 0 Å². The molecular weight excluding hydrogens is 282 g/mol. The lowest BCUT2D eigenvalue weighted by molar-refractivity contribution is 0.257. The van der Waals surface area contributed by atoms with E-state index in [1.54, 1.807) is 0 Å². The summed E-state index contributed by atoms with van der Waals surface area (Å²) >= 11 is 0. The van der Waals surface area contributed by atoms with Gasteiger partial charge in [-0.15, -0.1) is 0 Å². The van der Waals surface area contributed by atoms with E-state index >= 15 is 0 Å². The van der Waals surface area contributed by atoms with Crippen LogP contribution in [-0.4, -0.2) is 37.6 Å². The Labute approximate surface area is 146 Å². The molecule has 0 unspecified atom stereocenters. The summed E-state index contributed by atoms with van der Waals surface area (Å²) in [4.78, 5) is 2.63. The lowest BCUT2D eigenvalue weighted by Gasteiger charge is -2.22. The summed E-state index contributed by atoms with van der Waals surface area (Å²) in [5.41, 5.74) is 11.2. The van der Waals surface area contributed by atoms with Gasteiger partial charge in [0, 0.05) is 0 Å². The Morgan fingerprint density at radius 2 is 0.826 bits per heavy atom. The van der Waals surface area contributed by atoms with E-state index in [2.05, 4.69) is 11.8 Å². The third-order valence-corrected chi connectivity index (χ3v) is 4.68. The highest BCUT2D eigenvalue weighted by atomic mass is 15.1. The maximum atomic E-state index is 5.61. The van der Waals surface area contributed by atoms with Crippen molar-refractivity contribution in [1.82, 2.24) is 4.90 Å². The highest BCUT2D eigenvalue weighted by molar-refractivity contribution is 4.60. The minimum Gasteiger partial charge on any atom is -0.330 e. The molecule has 3 heteroatoms. The molecule has 0 fully saturated rings. The molecule has 0 aliphatic rings. The van der Waals surface area contributed by atoms with Crippen molar-refractivity contribution in [2.75, 3.05) is 32.7 Å². The summed E-state index contributed by atoms with van der Waals surface area (Å²) in [6.07, 6.45) is 19.0. The van der Waals surface area contributed by atoms with Gasteiger partial charge < -0.3 is 16.4 Å². The first-order valence-corrected chi connectivity index (χ1v) is 10.5. The van der Waals surface area contributed by atoms with Crippen LogP contribution >= 0.6 is 0 Å². The van der Waals surface area contributed by atoms with Gasteiger partial charge in [-0.3, -0.25) is 0 Å². The second-order valence-electron chi connectivity index (χ2n) is 7.02. The Morgan fingerprint density at radius 3 is 1.22 bits per heavy atom. The topological polar surface area (TPSA) is 55.3 Å². The minimum atomic E-state index is 0.828. The summed E-state index contributed by atoms with van der Waals surface area (Å²) in [6, 6.07) is 0. The zero-order chi connectivity index (χ0) is 17.0. The lowest BCUT2D eigenvalue weighted by Crippen LogP contribution is -2.28. The van der Waals surface area contributed by atoms with Crippen molar-refractivity contribution in [1.29, 1.82) is 0 Å². The van der Waals surface area contributed by atoms with E-state index in [0.717, 1.165) is 25.9 Å². The van der Waals surface area contributed by atoms with Crippen LogP contribution in [-0.2, 0) is 0 Å². The second-order valence-corrected chi connectivity index (χ2v) is 7.02. The molecule has 0 heterocycles.